The molecule has 6 unspecified atom stereocenters. The quantitative estimate of drug-likeness (QED) is 0.410. The van der Waals surface area contributed by atoms with E-state index < -0.39 is 0 Å². The molecule has 0 amide bonds. The van der Waals surface area contributed by atoms with Crippen molar-refractivity contribution >= 4 is 0 Å². The van der Waals surface area contributed by atoms with Gasteiger partial charge >= 0.3 is 0 Å². The van der Waals surface area contributed by atoms with E-state index in [1.807, 2.05) is 0 Å². The Labute approximate surface area is 182 Å². The first-order valence-electron chi connectivity index (χ1n) is 13.8. The zero-order valence-corrected chi connectivity index (χ0v) is 20.1. The van der Waals surface area contributed by atoms with Gasteiger partial charge in [-0.15, -0.1) is 0 Å². The molecule has 0 saturated heterocycles. The van der Waals surface area contributed by atoms with Gasteiger partial charge in [0.2, 0.25) is 0 Å². The lowest BCUT2D eigenvalue weighted by atomic mass is 9.58. The van der Waals surface area contributed by atoms with Gasteiger partial charge in [-0.3, -0.25) is 0 Å². The Bertz CT molecular complexity index is 438. The van der Waals surface area contributed by atoms with Gasteiger partial charge in [0.05, 0.1) is 0 Å². The molecule has 3 fully saturated rings. The summed E-state index contributed by atoms with van der Waals surface area (Å²) in [6.07, 6.45) is 23.2. The minimum Gasteiger partial charge on any atom is -0.396 e. The predicted octanol–water partition coefficient (Wildman–Crippen LogP) is 8.25. The van der Waals surface area contributed by atoms with Gasteiger partial charge in [0.15, 0.2) is 0 Å². The van der Waals surface area contributed by atoms with Gasteiger partial charge in [0.25, 0.3) is 0 Å². The van der Waals surface area contributed by atoms with Gasteiger partial charge in [0.1, 0.15) is 0 Å². The summed E-state index contributed by atoms with van der Waals surface area (Å²) in [5.74, 6) is 8.10. The zero-order chi connectivity index (χ0) is 20.6. The van der Waals surface area contributed by atoms with E-state index in [1.165, 1.54) is 64.2 Å². The van der Waals surface area contributed by atoms with E-state index >= 15 is 0 Å². The normalized spacial score (nSPS) is 41.4. The van der Waals surface area contributed by atoms with E-state index in [0.29, 0.717) is 6.61 Å². The second kappa shape index (κ2) is 12.1. The third kappa shape index (κ3) is 6.24. The summed E-state index contributed by atoms with van der Waals surface area (Å²) < 4.78 is 0. The van der Waals surface area contributed by atoms with Gasteiger partial charge in [-0.25, -0.2) is 0 Å². The third-order valence-electron chi connectivity index (χ3n) is 9.85. The van der Waals surface area contributed by atoms with Gasteiger partial charge in [-0.05, 0) is 105 Å². The smallest absolute Gasteiger partial charge is 0.0431 e. The number of aliphatic hydroxyl groups is 1. The van der Waals surface area contributed by atoms with E-state index in [1.54, 1.807) is 32.1 Å². The lowest BCUT2D eigenvalue weighted by molar-refractivity contribution is 0.0284. The van der Waals surface area contributed by atoms with Crippen LogP contribution in [0.25, 0.3) is 0 Å². The first-order chi connectivity index (χ1) is 14.2. The molecule has 0 heterocycles. The summed E-state index contributed by atoms with van der Waals surface area (Å²) in [6, 6.07) is 0. The molecular formula is C28H52O. The molecule has 1 N–H and O–H groups in total. The molecule has 3 aliphatic carbocycles. The Hall–Kier alpha value is -0.0400. The Kier molecular flexibility index (Phi) is 9.87. The molecule has 0 radical (unpaired) electrons. The molecular weight excluding hydrogens is 352 g/mol. The summed E-state index contributed by atoms with van der Waals surface area (Å²) >= 11 is 0. The molecule has 0 aliphatic heterocycles. The van der Waals surface area contributed by atoms with Crippen LogP contribution in [0, 0.1) is 47.3 Å². The summed E-state index contributed by atoms with van der Waals surface area (Å²) in [7, 11) is 0. The molecule has 0 aromatic carbocycles. The topological polar surface area (TPSA) is 20.2 Å². The fourth-order valence-corrected chi connectivity index (χ4v) is 8.23. The monoisotopic (exact) mass is 404 g/mol. The SMILES string of the molecule is CCCC1CCC(C2CCC(C3CCC(CCCO)CC3CC)CC2CC)CC1. The molecule has 0 spiro atoms. The molecule has 0 aromatic rings. The van der Waals surface area contributed by atoms with Crippen molar-refractivity contribution in [3.8, 4) is 0 Å². The van der Waals surface area contributed by atoms with Crippen molar-refractivity contribution in [3.05, 3.63) is 0 Å². The van der Waals surface area contributed by atoms with Crippen LogP contribution in [-0.2, 0) is 0 Å². The van der Waals surface area contributed by atoms with Crippen LogP contribution in [0.1, 0.15) is 124 Å². The molecule has 170 valence electrons. The van der Waals surface area contributed by atoms with Crippen molar-refractivity contribution in [2.75, 3.05) is 6.61 Å². The van der Waals surface area contributed by atoms with Crippen molar-refractivity contribution in [2.24, 2.45) is 47.3 Å². The van der Waals surface area contributed by atoms with Crippen molar-refractivity contribution in [3.63, 3.8) is 0 Å². The van der Waals surface area contributed by atoms with E-state index in [0.717, 1.165) is 53.8 Å². The molecule has 29 heavy (non-hydrogen) atoms. The maximum atomic E-state index is 9.21. The Morgan fingerprint density at radius 3 is 1.86 bits per heavy atom. The van der Waals surface area contributed by atoms with Crippen LogP contribution in [0.2, 0.25) is 0 Å². The lowest BCUT2D eigenvalue weighted by Crippen LogP contribution is -2.38. The van der Waals surface area contributed by atoms with Crippen LogP contribution < -0.4 is 0 Å². The van der Waals surface area contributed by atoms with E-state index in [2.05, 4.69) is 20.8 Å². The van der Waals surface area contributed by atoms with Gasteiger partial charge in [0, 0.05) is 6.61 Å². The van der Waals surface area contributed by atoms with Crippen LogP contribution in [0.15, 0.2) is 0 Å². The van der Waals surface area contributed by atoms with E-state index in [4.69, 9.17) is 0 Å². The fourth-order valence-electron chi connectivity index (χ4n) is 8.23. The van der Waals surface area contributed by atoms with Gasteiger partial charge in [-0.2, -0.15) is 0 Å². The van der Waals surface area contributed by atoms with Crippen LogP contribution in [0.5, 0.6) is 0 Å². The highest BCUT2D eigenvalue weighted by atomic mass is 16.2. The number of rotatable bonds is 9. The second-order valence-electron chi connectivity index (χ2n) is 11.4. The number of hydrogen-bond acceptors (Lipinski definition) is 1. The maximum absolute atomic E-state index is 9.21. The molecule has 0 bridgehead atoms. The molecule has 0 aromatic heterocycles. The minimum atomic E-state index is 0.388. The predicted molar refractivity (Wildman–Crippen MR) is 126 cm³/mol. The number of hydrogen-bond donors (Lipinski definition) is 1. The second-order valence-corrected chi connectivity index (χ2v) is 11.4. The van der Waals surface area contributed by atoms with Crippen molar-refractivity contribution in [1.82, 2.24) is 0 Å². The Balaban J connectivity index is 1.52. The molecule has 3 rings (SSSR count). The third-order valence-corrected chi connectivity index (χ3v) is 9.85. The molecule has 6 atom stereocenters. The fraction of sp³-hybridized carbons (Fsp3) is 1.00. The summed E-state index contributed by atoms with van der Waals surface area (Å²) in [5.41, 5.74) is 0. The zero-order valence-electron chi connectivity index (χ0n) is 20.1. The van der Waals surface area contributed by atoms with Crippen LogP contribution >= 0.6 is 0 Å². The van der Waals surface area contributed by atoms with Crippen molar-refractivity contribution in [1.29, 1.82) is 0 Å². The van der Waals surface area contributed by atoms with E-state index in [-0.39, 0.29) is 0 Å². The minimum absolute atomic E-state index is 0.388. The van der Waals surface area contributed by atoms with Crippen molar-refractivity contribution in [2.45, 2.75) is 124 Å². The first kappa shape index (κ1) is 23.6. The molecule has 3 aliphatic rings. The summed E-state index contributed by atoms with van der Waals surface area (Å²) in [5, 5.41) is 9.21. The highest BCUT2D eigenvalue weighted by molar-refractivity contribution is 4.91. The maximum Gasteiger partial charge on any atom is 0.0431 e. The van der Waals surface area contributed by atoms with Crippen molar-refractivity contribution < 1.29 is 5.11 Å². The molecule has 1 nitrogen and oxygen atoms in total. The average molecular weight is 405 g/mol. The van der Waals surface area contributed by atoms with Crippen LogP contribution in [0.3, 0.4) is 0 Å². The number of aliphatic hydroxyl groups excluding tert-OH is 1. The van der Waals surface area contributed by atoms with Gasteiger partial charge < -0.3 is 5.11 Å². The Morgan fingerprint density at radius 1 is 0.621 bits per heavy atom. The molecule has 1 heteroatoms. The summed E-state index contributed by atoms with van der Waals surface area (Å²) in [4.78, 5) is 0. The standard InChI is InChI=1S/C28H52O/c1-4-8-21-10-13-25(14-11-21)27-17-15-26(20-24(27)6-3)28-16-12-22(9-7-18-29)19-23(28)5-2/h21-29H,4-20H2,1-3H3. The van der Waals surface area contributed by atoms with Crippen LogP contribution in [-0.4, -0.2) is 11.7 Å². The van der Waals surface area contributed by atoms with E-state index in [9.17, 15) is 5.11 Å². The highest BCUT2D eigenvalue weighted by Gasteiger charge is 2.41. The Morgan fingerprint density at radius 2 is 1.21 bits per heavy atom. The highest BCUT2D eigenvalue weighted by Crippen LogP contribution is 2.51. The van der Waals surface area contributed by atoms with Gasteiger partial charge in [-0.1, -0.05) is 65.7 Å². The van der Waals surface area contributed by atoms with Crippen LogP contribution in [0.4, 0.5) is 0 Å². The molecule has 3 saturated carbocycles. The lowest BCUT2D eigenvalue weighted by Gasteiger charge is -2.47. The first-order valence-corrected chi connectivity index (χ1v) is 13.8. The summed E-state index contributed by atoms with van der Waals surface area (Å²) in [6.45, 7) is 7.69. The average Bonchev–Trinajstić information content (AvgIpc) is 2.78. The largest absolute Gasteiger partial charge is 0.396 e.